The zero-order chi connectivity index (χ0) is 12.3. The van der Waals surface area contributed by atoms with E-state index >= 15 is 0 Å². The van der Waals surface area contributed by atoms with Crippen molar-refractivity contribution in [1.29, 1.82) is 0 Å². The molecule has 17 heavy (non-hydrogen) atoms. The average Bonchev–Trinajstić information content (AvgIpc) is 2.81. The first-order chi connectivity index (χ1) is 8.18. The van der Waals surface area contributed by atoms with Crippen LogP contribution in [0.3, 0.4) is 0 Å². The van der Waals surface area contributed by atoms with Crippen molar-refractivity contribution in [2.24, 2.45) is 11.7 Å². The molecule has 1 fully saturated rings. The number of allylic oxidation sites excluding steroid dienone is 2. The highest BCUT2D eigenvalue weighted by Crippen LogP contribution is 2.22. The summed E-state index contributed by atoms with van der Waals surface area (Å²) in [6.07, 6.45) is 6.80. The van der Waals surface area contributed by atoms with Crippen LogP contribution in [-0.4, -0.2) is 42.4 Å². The van der Waals surface area contributed by atoms with Crippen LogP contribution in [0, 0.1) is 5.92 Å². The zero-order valence-electron chi connectivity index (χ0n) is 9.89. The molecule has 1 aliphatic carbocycles. The Kier molecular flexibility index (Phi) is 3.78. The quantitative estimate of drug-likeness (QED) is 0.657. The van der Waals surface area contributed by atoms with Gasteiger partial charge in [0.25, 0.3) is 0 Å². The van der Waals surface area contributed by atoms with Gasteiger partial charge in [-0.2, -0.15) is 0 Å². The number of carbonyl (C=O) groups is 2. The minimum Gasteiger partial charge on any atom is -0.368 e. The van der Waals surface area contributed by atoms with Gasteiger partial charge in [0.05, 0.1) is 0 Å². The second-order valence-electron chi connectivity index (χ2n) is 4.68. The number of nitrogens with one attached hydrogen (secondary N) is 1. The number of piperazine rings is 1. The van der Waals surface area contributed by atoms with Gasteiger partial charge in [0, 0.05) is 26.1 Å². The zero-order valence-corrected chi connectivity index (χ0v) is 9.89. The summed E-state index contributed by atoms with van der Waals surface area (Å²) < 4.78 is 0. The Bertz CT molecular complexity index is 341. The minimum atomic E-state index is -0.485. The van der Waals surface area contributed by atoms with Gasteiger partial charge in [-0.05, 0) is 18.8 Å². The summed E-state index contributed by atoms with van der Waals surface area (Å²) in [7, 11) is 0. The van der Waals surface area contributed by atoms with Crippen molar-refractivity contribution < 1.29 is 9.59 Å². The third-order valence-electron chi connectivity index (χ3n) is 3.44. The Balaban J connectivity index is 1.95. The van der Waals surface area contributed by atoms with Gasteiger partial charge >= 0.3 is 0 Å². The summed E-state index contributed by atoms with van der Waals surface area (Å²) in [6.45, 7) is 1.78. The molecule has 2 rings (SSSR count). The molecular weight excluding hydrogens is 218 g/mol. The highest BCUT2D eigenvalue weighted by atomic mass is 16.2. The van der Waals surface area contributed by atoms with Crippen LogP contribution >= 0.6 is 0 Å². The van der Waals surface area contributed by atoms with Crippen LogP contribution in [0.4, 0.5) is 0 Å². The number of carbonyl (C=O) groups excluding carboxylic acids is 2. The van der Waals surface area contributed by atoms with Crippen molar-refractivity contribution in [1.82, 2.24) is 10.2 Å². The lowest BCUT2D eigenvalue weighted by Crippen LogP contribution is -2.58. The van der Waals surface area contributed by atoms with E-state index in [1.165, 1.54) is 0 Å². The van der Waals surface area contributed by atoms with Crippen LogP contribution in [0.5, 0.6) is 0 Å². The first kappa shape index (κ1) is 12.1. The fraction of sp³-hybridized carbons (Fsp3) is 0.667. The maximum Gasteiger partial charge on any atom is 0.241 e. The predicted octanol–water partition coefficient (Wildman–Crippen LogP) is -0.372. The van der Waals surface area contributed by atoms with Gasteiger partial charge in [0.2, 0.25) is 11.8 Å². The molecule has 1 saturated heterocycles. The molecular formula is C12H19N3O2. The average molecular weight is 237 g/mol. The lowest BCUT2D eigenvalue weighted by Gasteiger charge is -2.34. The maximum absolute atomic E-state index is 12.1. The van der Waals surface area contributed by atoms with Gasteiger partial charge < -0.3 is 16.0 Å². The van der Waals surface area contributed by atoms with E-state index in [0.717, 1.165) is 19.4 Å². The predicted molar refractivity (Wildman–Crippen MR) is 64.0 cm³/mol. The Morgan fingerprint density at radius 3 is 2.94 bits per heavy atom. The van der Waals surface area contributed by atoms with Crippen LogP contribution in [-0.2, 0) is 9.59 Å². The second-order valence-corrected chi connectivity index (χ2v) is 4.68. The van der Waals surface area contributed by atoms with E-state index < -0.39 is 11.9 Å². The Labute approximate surface area is 101 Å². The first-order valence-electron chi connectivity index (χ1n) is 6.14. The molecule has 2 unspecified atom stereocenters. The van der Waals surface area contributed by atoms with Crippen molar-refractivity contribution in [3.05, 3.63) is 12.2 Å². The van der Waals surface area contributed by atoms with Gasteiger partial charge in [-0.1, -0.05) is 12.2 Å². The number of nitrogens with two attached hydrogens (primary N) is 1. The van der Waals surface area contributed by atoms with Crippen molar-refractivity contribution in [2.75, 3.05) is 19.6 Å². The summed E-state index contributed by atoms with van der Waals surface area (Å²) in [4.78, 5) is 25.0. The molecule has 0 aromatic heterocycles. The number of hydrogen-bond donors (Lipinski definition) is 2. The van der Waals surface area contributed by atoms with Crippen LogP contribution < -0.4 is 11.1 Å². The van der Waals surface area contributed by atoms with Crippen molar-refractivity contribution in [2.45, 2.75) is 25.3 Å². The van der Waals surface area contributed by atoms with Gasteiger partial charge in [-0.25, -0.2) is 0 Å². The topological polar surface area (TPSA) is 75.4 Å². The molecule has 3 N–H and O–H groups in total. The van der Waals surface area contributed by atoms with Gasteiger partial charge in [-0.15, -0.1) is 0 Å². The summed E-state index contributed by atoms with van der Waals surface area (Å²) in [5.74, 6) is -0.0368. The maximum atomic E-state index is 12.1. The number of nitrogens with zero attached hydrogens (tertiary/aromatic N) is 1. The van der Waals surface area contributed by atoms with E-state index in [4.69, 9.17) is 5.73 Å². The Morgan fingerprint density at radius 2 is 2.29 bits per heavy atom. The largest absolute Gasteiger partial charge is 0.368 e. The fourth-order valence-corrected chi connectivity index (χ4v) is 2.46. The summed E-state index contributed by atoms with van der Waals surface area (Å²) in [5, 5.41) is 3.09. The molecule has 94 valence electrons. The molecule has 1 heterocycles. The van der Waals surface area contributed by atoms with Crippen LogP contribution in [0.15, 0.2) is 12.2 Å². The highest BCUT2D eigenvalue weighted by Gasteiger charge is 2.31. The smallest absolute Gasteiger partial charge is 0.241 e. The summed E-state index contributed by atoms with van der Waals surface area (Å²) in [6, 6.07) is -0.485. The van der Waals surface area contributed by atoms with Crippen LogP contribution in [0.25, 0.3) is 0 Å². The Morgan fingerprint density at radius 1 is 1.47 bits per heavy atom. The standard InChI is InChI=1S/C12H19N3O2/c13-12(17)10-8-14-5-6-15(10)11(16)7-9-3-1-2-4-9/h1,3,9-10,14H,2,4-8H2,(H2,13,17). The van der Waals surface area contributed by atoms with Gasteiger partial charge in [0.15, 0.2) is 0 Å². The Hall–Kier alpha value is -1.36. The summed E-state index contributed by atoms with van der Waals surface area (Å²) in [5.41, 5.74) is 5.32. The molecule has 2 amide bonds. The third kappa shape index (κ3) is 2.85. The number of primary amides is 1. The van der Waals surface area contributed by atoms with Crippen molar-refractivity contribution in [3.63, 3.8) is 0 Å². The first-order valence-corrected chi connectivity index (χ1v) is 6.14. The molecule has 0 aromatic rings. The van der Waals surface area contributed by atoms with E-state index in [-0.39, 0.29) is 5.91 Å². The number of rotatable bonds is 3. The second kappa shape index (κ2) is 5.31. The lowest BCUT2D eigenvalue weighted by atomic mass is 10.0. The molecule has 2 atom stereocenters. The monoisotopic (exact) mass is 237 g/mol. The molecule has 5 heteroatoms. The molecule has 5 nitrogen and oxygen atoms in total. The molecule has 0 radical (unpaired) electrons. The van der Waals surface area contributed by atoms with E-state index in [9.17, 15) is 9.59 Å². The fourth-order valence-electron chi connectivity index (χ4n) is 2.46. The minimum absolute atomic E-state index is 0.0480. The summed E-state index contributed by atoms with van der Waals surface area (Å²) >= 11 is 0. The van der Waals surface area contributed by atoms with E-state index in [1.807, 2.05) is 0 Å². The van der Waals surface area contributed by atoms with E-state index in [2.05, 4.69) is 17.5 Å². The normalized spacial score (nSPS) is 28.4. The number of hydrogen-bond acceptors (Lipinski definition) is 3. The molecule has 0 bridgehead atoms. The molecule has 0 spiro atoms. The highest BCUT2D eigenvalue weighted by molar-refractivity contribution is 5.87. The third-order valence-corrected chi connectivity index (χ3v) is 3.44. The lowest BCUT2D eigenvalue weighted by molar-refractivity contribution is -0.140. The molecule has 0 saturated carbocycles. The molecule has 0 aromatic carbocycles. The van der Waals surface area contributed by atoms with E-state index in [0.29, 0.717) is 25.4 Å². The molecule has 1 aliphatic heterocycles. The molecule has 2 aliphatic rings. The van der Waals surface area contributed by atoms with Gasteiger partial charge in [-0.3, -0.25) is 9.59 Å². The van der Waals surface area contributed by atoms with Crippen LogP contribution in [0.1, 0.15) is 19.3 Å². The van der Waals surface area contributed by atoms with Gasteiger partial charge in [0.1, 0.15) is 6.04 Å². The van der Waals surface area contributed by atoms with E-state index in [1.54, 1.807) is 4.90 Å². The van der Waals surface area contributed by atoms with Crippen molar-refractivity contribution in [3.8, 4) is 0 Å². The number of amides is 2. The van der Waals surface area contributed by atoms with Crippen LogP contribution in [0.2, 0.25) is 0 Å². The SMILES string of the molecule is NC(=O)C1CNCCN1C(=O)CC1C=CCC1. The van der Waals surface area contributed by atoms with Crippen molar-refractivity contribution >= 4 is 11.8 Å².